The molecule has 0 radical (unpaired) electrons. The lowest BCUT2D eigenvalue weighted by molar-refractivity contribution is -0.683. The second-order valence-electron chi connectivity index (χ2n) is 6.03. The Morgan fingerprint density at radius 1 is 0.846 bits per heavy atom. The molecule has 3 rings (SSSR count). The topological polar surface area (TPSA) is 39.4 Å². The van der Waals surface area contributed by atoms with Crippen LogP contribution in [0.25, 0.3) is 0 Å². The second-order valence-corrected chi connectivity index (χ2v) is 6.03. The first-order valence-corrected chi connectivity index (χ1v) is 8.46. The van der Waals surface area contributed by atoms with E-state index in [1.54, 1.807) is 32.4 Å². The number of hydrogen-bond acceptors (Lipinski definition) is 3. The van der Waals surface area contributed by atoms with Crippen molar-refractivity contribution in [1.82, 2.24) is 0 Å². The van der Waals surface area contributed by atoms with Gasteiger partial charge in [0.25, 0.3) is 0 Å². The first-order chi connectivity index (χ1) is 12.7. The molecule has 0 atom stereocenters. The normalized spacial score (nSPS) is 10.4. The lowest BCUT2D eigenvalue weighted by Crippen LogP contribution is -2.37. The lowest BCUT2D eigenvalue weighted by atomic mass is 10.1. The fourth-order valence-corrected chi connectivity index (χ4v) is 2.81. The first kappa shape index (κ1) is 17.7. The SMILES string of the molecule is COc1ccc(C(=O)C[n+]2ccc(Cc3ccccc3)cc2)cc1OC. The largest absolute Gasteiger partial charge is 0.493 e. The van der Waals surface area contributed by atoms with Crippen molar-refractivity contribution in [2.75, 3.05) is 14.2 Å². The van der Waals surface area contributed by atoms with Crippen molar-refractivity contribution < 1.29 is 18.8 Å². The van der Waals surface area contributed by atoms with E-state index in [4.69, 9.17) is 9.47 Å². The molecule has 2 aromatic carbocycles. The Hall–Kier alpha value is -3.14. The molecule has 0 unspecified atom stereocenters. The molecule has 26 heavy (non-hydrogen) atoms. The zero-order chi connectivity index (χ0) is 18.4. The Kier molecular flexibility index (Phi) is 5.64. The smallest absolute Gasteiger partial charge is 0.227 e. The van der Waals surface area contributed by atoms with Gasteiger partial charge in [0.15, 0.2) is 23.9 Å². The maximum absolute atomic E-state index is 12.5. The zero-order valence-corrected chi connectivity index (χ0v) is 15.0. The highest BCUT2D eigenvalue weighted by Crippen LogP contribution is 2.27. The van der Waals surface area contributed by atoms with Gasteiger partial charge in [-0.05, 0) is 35.7 Å². The van der Waals surface area contributed by atoms with E-state index in [1.165, 1.54) is 11.1 Å². The van der Waals surface area contributed by atoms with E-state index in [0.29, 0.717) is 17.1 Å². The van der Waals surface area contributed by atoms with Gasteiger partial charge in [-0.1, -0.05) is 30.3 Å². The number of methoxy groups -OCH3 is 2. The van der Waals surface area contributed by atoms with E-state index in [0.717, 1.165) is 6.42 Å². The summed E-state index contributed by atoms with van der Waals surface area (Å²) in [5.74, 6) is 1.19. The number of ketones is 1. The van der Waals surface area contributed by atoms with Gasteiger partial charge in [-0.2, -0.15) is 4.57 Å². The van der Waals surface area contributed by atoms with E-state index >= 15 is 0 Å². The minimum Gasteiger partial charge on any atom is -0.493 e. The van der Waals surface area contributed by atoms with Crippen LogP contribution < -0.4 is 14.0 Å². The highest BCUT2D eigenvalue weighted by Gasteiger charge is 2.15. The molecule has 0 saturated heterocycles. The number of aromatic nitrogens is 1. The minimum absolute atomic E-state index is 0.0202. The van der Waals surface area contributed by atoms with Crippen LogP contribution in [-0.4, -0.2) is 20.0 Å². The number of pyridine rings is 1. The molecule has 132 valence electrons. The molecule has 0 amide bonds. The summed E-state index contributed by atoms with van der Waals surface area (Å²) < 4.78 is 12.4. The Morgan fingerprint density at radius 2 is 1.50 bits per heavy atom. The molecule has 4 heteroatoms. The number of rotatable bonds is 7. The molecular formula is C22H22NO3+. The number of benzene rings is 2. The molecule has 1 aromatic heterocycles. The Morgan fingerprint density at radius 3 is 2.15 bits per heavy atom. The average molecular weight is 348 g/mol. The minimum atomic E-state index is 0.0202. The van der Waals surface area contributed by atoms with Gasteiger partial charge in [0.2, 0.25) is 12.3 Å². The average Bonchev–Trinajstić information content (AvgIpc) is 2.69. The van der Waals surface area contributed by atoms with Gasteiger partial charge in [-0.25, -0.2) is 0 Å². The van der Waals surface area contributed by atoms with Crippen LogP contribution in [0.2, 0.25) is 0 Å². The maximum Gasteiger partial charge on any atom is 0.227 e. The van der Waals surface area contributed by atoms with Crippen molar-refractivity contribution in [1.29, 1.82) is 0 Å². The fraction of sp³-hybridized carbons (Fsp3) is 0.182. The van der Waals surface area contributed by atoms with Crippen molar-refractivity contribution in [3.63, 3.8) is 0 Å². The number of nitrogens with zero attached hydrogens (tertiary/aromatic N) is 1. The van der Waals surface area contributed by atoms with Crippen LogP contribution in [0.4, 0.5) is 0 Å². The van der Waals surface area contributed by atoms with Crippen molar-refractivity contribution in [2.24, 2.45) is 0 Å². The van der Waals surface area contributed by atoms with Crippen molar-refractivity contribution in [3.05, 3.63) is 89.7 Å². The molecule has 0 bridgehead atoms. The highest BCUT2D eigenvalue weighted by molar-refractivity contribution is 5.95. The third-order valence-electron chi connectivity index (χ3n) is 4.24. The standard InChI is InChI=1S/C22H22NO3/c1-25-21-9-8-19(15-22(21)26-2)20(24)16-23-12-10-18(11-13-23)14-17-6-4-3-5-7-17/h3-13,15H,14,16H2,1-2H3/q+1. The van der Waals surface area contributed by atoms with Gasteiger partial charge in [0, 0.05) is 17.7 Å². The van der Waals surface area contributed by atoms with Crippen molar-refractivity contribution in [2.45, 2.75) is 13.0 Å². The van der Waals surface area contributed by atoms with E-state index in [1.807, 2.05) is 35.2 Å². The van der Waals surface area contributed by atoms with Crippen LogP contribution in [0.5, 0.6) is 11.5 Å². The third kappa shape index (κ3) is 4.28. The van der Waals surface area contributed by atoms with Crippen molar-refractivity contribution in [3.8, 4) is 11.5 Å². The van der Waals surface area contributed by atoms with Gasteiger partial charge in [0.1, 0.15) is 0 Å². The lowest BCUT2D eigenvalue weighted by Gasteiger charge is -2.08. The summed E-state index contributed by atoms with van der Waals surface area (Å²) in [6.07, 6.45) is 4.76. The molecule has 0 aliphatic heterocycles. The first-order valence-electron chi connectivity index (χ1n) is 8.46. The summed E-state index contributed by atoms with van der Waals surface area (Å²) in [7, 11) is 3.14. The van der Waals surface area contributed by atoms with Gasteiger partial charge in [-0.15, -0.1) is 0 Å². The predicted molar refractivity (Wildman–Crippen MR) is 99.8 cm³/mol. The van der Waals surface area contributed by atoms with Gasteiger partial charge < -0.3 is 9.47 Å². The van der Waals surface area contributed by atoms with E-state index in [-0.39, 0.29) is 12.3 Å². The van der Waals surface area contributed by atoms with E-state index in [2.05, 4.69) is 24.3 Å². The van der Waals surface area contributed by atoms with Gasteiger partial charge in [0.05, 0.1) is 14.2 Å². The molecule has 4 nitrogen and oxygen atoms in total. The molecule has 0 saturated carbocycles. The monoisotopic (exact) mass is 348 g/mol. The van der Waals surface area contributed by atoms with Crippen LogP contribution in [-0.2, 0) is 13.0 Å². The predicted octanol–water partition coefficient (Wildman–Crippen LogP) is 3.47. The Labute approximate surface area is 153 Å². The summed E-state index contributed by atoms with van der Waals surface area (Å²) in [6, 6.07) is 19.6. The quantitative estimate of drug-likeness (QED) is 0.485. The maximum atomic E-state index is 12.5. The second kappa shape index (κ2) is 8.30. The van der Waals surface area contributed by atoms with Crippen LogP contribution in [0.1, 0.15) is 21.5 Å². The molecule has 1 heterocycles. The molecule has 0 aliphatic carbocycles. The number of hydrogen-bond donors (Lipinski definition) is 0. The molecule has 3 aromatic rings. The molecule has 0 aliphatic rings. The number of Topliss-reactive ketones (excluding diaryl/α,β-unsaturated/α-hetero) is 1. The van der Waals surface area contributed by atoms with Crippen LogP contribution in [0.15, 0.2) is 73.1 Å². The summed E-state index contributed by atoms with van der Waals surface area (Å²) in [6.45, 7) is 0.279. The number of ether oxygens (including phenoxy) is 2. The van der Waals surface area contributed by atoms with E-state index < -0.39 is 0 Å². The number of carbonyl (C=O) groups excluding carboxylic acids is 1. The molecule has 0 spiro atoms. The zero-order valence-electron chi connectivity index (χ0n) is 15.0. The molecule has 0 N–H and O–H groups in total. The van der Waals surface area contributed by atoms with Gasteiger partial charge >= 0.3 is 0 Å². The number of carbonyl (C=O) groups is 1. The summed E-state index contributed by atoms with van der Waals surface area (Å²) >= 11 is 0. The molecular weight excluding hydrogens is 326 g/mol. The molecule has 0 fully saturated rings. The van der Waals surface area contributed by atoms with Crippen LogP contribution in [0, 0.1) is 0 Å². The van der Waals surface area contributed by atoms with E-state index in [9.17, 15) is 4.79 Å². The van der Waals surface area contributed by atoms with Crippen molar-refractivity contribution >= 4 is 5.78 Å². The van der Waals surface area contributed by atoms with Gasteiger partial charge in [-0.3, -0.25) is 4.79 Å². The summed E-state index contributed by atoms with van der Waals surface area (Å²) in [4.78, 5) is 12.5. The van der Waals surface area contributed by atoms with Crippen LogP contribution in [0.3, 0.4) is 0 Å². The summed E-state index contributed by atoms with van der Waals surface area (Å²) in [5, 5.41) is 0. The fourth-order valence-electron chi connectivity index (χ4n) is 2.81. The Bertz CT molecular complexity index is 874. The Balaban J connectivity index is 1.68. The van der Waals surface area contributed by atoms with Crippen LogP contribution >= 0.6 is 0 Å². The highest BCUT2D eigenvalue weighted by atomic mass is 16.5. The third-order valence-corrected chi connectivity index (χ3v) is 4.24. The summed E-state index contributed by atoms with van der Waals surface area (Å²) in [5.41, 5.74) is 3.08.